The van der Waals surface area contributed by atoms with Gasteiger partial charge in [-0.05, 0) is 36.2 Å². The van der Waals surface area contributed by atoms with E-state index >= 15 is 0 Å². The Morgan fingerprint density at radius 3 is 2.29 bits per heavy atom. The molecular formula is C14H15FN2. The molecule has 2 nitrogen and oxygen atoms in total. The van der Waals surface area contributed by atoms with Crippen LogP contribution in [0.2, 0.25) is 0 Å². The Labute approximate surface area is 101 Å². The molecule has 0 aliphatic heterocycles. The monoisotopic (exact) mass is 230 g/mol. The lowest BCUT2D eigenvalue weighted by molar-refractivity contribution is 0.628. The maximum Gasteiger partial charge on any atom is 0.128 e. The second-order valence-electron chi connectivity index (χ2n) is 4.26. The molecule has 0 spiro atoms. The second kappa shape index (κ2) is 4.53. The highest BCUT2D eigenvalue weighted by atomic mass is 19.1. The van der Waals surface area contributed by atoms with E-state index in [2.05, 4.69) is 4.98 Å². The third-order valence-corrected chi connectivity index (χ3v) is 2.71. The molecule has 0 aliphatic rings. The summed E-state index contributed by atoms with van der Waals surface area (Å²) in [6.45, 7) is 2.04. The van der Waals surface area contributed by atoms with Crippen LogP contribution in [0.5, 0.6) is 0 Å². The molecule has 1 aromatic heterocycles. The molecule has 1 heterocycles. The zero-order valence-electron chi connectivity index (χ0n) is 10.2. The van der Waals surface area contributed by atoms with Crippen molar-refractivity contribution in [3.63, 3.8) is 0 Å². The summed E-state index contributed by atoms with van der Waals surface area (Å²) in [5.74, 6) is 0.706. The zero-order chi connectivity index (χ0) is 12.4. The molecule has 0 aliphatic carbocycles. The molecule has 0 atom stereocenters. The van der Waals surface area contributed by atoms with E-state index in [0.29, 0.717) is 0 Å². The van der Waals surface area contributed by atoms with Crippen LogP contribution in [0.1, 0.15) is 5.56 Å². The normalized spacial score (nSPS) is 10.4. The summed E-state index contributed by atoms with van der Waals surface area (Å²) in [4.78, 5) is 6.33. The van der Waals surface area contributed by atoms with E-state index in [9.17, 15) is 4.39 Å². The van der Waals surface area contributed by atoms with Crippen molar-refractivity contribution in [2.45, 2.75) is 6.92 Å². The molecule has 88 valence electrons. The lowest BCUT2D eigenvalue weighted by atomic mass is 10.0. The molecule has 0 saturated heterocycles. The van der Waals surface area contributed by atoms with Crippen LogP contribution in [-0.2, 0) is 0 Å². The first-order valence-corrected chi connectivity index (χ1v) is 5.48. The van der Waals surface area contributed by atoms with E-state index in [1.807, 2.05) is 38.2 Å². The minimum atomic E-state index is -0.218. The van der Waals surface area contributed by atoms with E-state index < -0.39 is 0 Å². The maximum absolute atomic E-state index is 12.9. The molecule has 3 heteroatoms. The van der Waals surface area contributed by atoms with Gasteiger partial charge >= 0.3 is 0 Å². The molecule has 17 heavy (non-hydrogen) atoms. The predicted molar refractivity (Wildman–Crippen MR) is 68.7 cm³/mol. The Morgan fingerprint density at radius 2 is 1.76 bits per heavy atom. The molecule has 0 radical (unpaired) electrons. The minimum absolute atomic E-state index is 0.218. The molecule has 0 fully saturated rings. The topological polar surface area (TPSA) is 16.1 Å². The maximum atomic E-state index is 12.9. The van der Waals surface area contributed by atoms with Gasteiger partial charge in [-0.3, -0.25) is 0 Å². The SMILES string of the molecule is Cc1cc(N(C)C)ncc1-c1ccc(F)cc1. The Bertz CT molecular complexity index is 518. The number of hydrogen-bond donors (Lipinski definition) is 0. The first-order valence-electron chi connectivity index (χ1n) is 5.48. The van der Waals surface area contributed by atoms with Crippen LogP contribution in [-0.4, -0.2) is 19.1 Å². The van der Waals surface area contributed by atoms with Gasteiger partial charge in [0.1, 0.15) is 11.6 Å². The molecule has 0 amide bonds. The predicted octanol–water partition coefficient (Wildman–Crippen LogP) is 3.26. The van der Waals surface area contributed by atoms with Gasteiger partial charge in [0.25, 0.3) is 0 Å². The van der Waals surface area contributed by atoms with Crippen molar-refractivity contribution < 1.29 is 4.39 Å². The van der Waals surface area contributed by atoms with Crippen molar-refractivity contribution in [1.82, 2.24) is 4.98 Å². The molecule has 1 aromatic carbocycles. The van der Waals surface area contributed by atoms with E-state index in [0.717, 1.165) is 22.5 Å². The van der Waals surface area contributed by atoms with Crippen molar-refractivity contribution in [3.05, 3.63) is 47.9 Å². The highest BCUT2D eigenvalue weighted by Crippen LogP contribution is 2.24. The Balaban J connectivity index is 2.43. The van der Waals surface area contributed by atoms with Gasteiger partial charge in [0.05, 0.1) is 0 Å². The number of nitrogens with zero attached hydrogens (tertiary/aromatic N) is 2. The number of benzene rings is 1. The van der Waals surface area contributed by atoms with E-state index in [1.54, 1.807) is 12.1 Å². The smallest absolute Gasteiger partial charge is 0.128 e. The van der Waals surface area contributed by atoms with Crippen molar-refractivity contribution in [1.29, 1.82) is 0 Å². The number of anilines is 1. The zero-order valence-corrected chi connectivity index (χ0v) is 10.2. The lowest BCUT2D eigenvalue weighted by Crippen LogP contribution is -2.10. The van der Waals surface area contributed by atoms with E-state index in [1.165, 1.54) is 12.1 Å². The standard InChI is InChI=1S/C14H15FN2/c1-10-8-14(17(2)3)16-9-13(10)11-4-6-12(15)7-5-11/h4-9H,1-3H3. The van der Waals surface area contributed by atoms with Crippen molar-refractivity contribution in [2.24, 2.45) is 0 Å². The highest BCUT2D eigenvalue weighted by Gasteiger charge is 2.05. The van der Waals surface area contributed by atoms with Crippen molar-refractivity contribution in [2.75, 3.05) is 19.0 Å². The molecular weight excluding hydrogens is 215 g/mol. The van der Waals surface area contributed by atoms with Crippen LogP contribution in [0, 0.1) is 12.7 Å². The van der Waals surface area contributed by atoms with Gasteiger partial charge in [-0.25, -0.2) is 9.37 Å². The largest absolute Gasteiger partial charge is 0.363 e. The third-order valence-electron chi connectivity index (χ3n) is 2.71. The number of rotatable bonds is 2. The van der Waals surface area contributed by atoms with E-state index in [4.69, 9.17) is 0 Å². The van der Waals surface area contributed by atoms with Crippen molar-refractivity contribution >= 4 is 5.82 Å². The minimum Gasteiger partial charge on any atom is -0.363 e. The van der Waals surface area contributed by atoms with Crippen LogP contribution in [0.25, 0.3) is 11.1 Å². The molecule has 2 rings (SSSR count). The first-order chi connectivity index (χ1) is 8.08. The number of pyridine rings is 1. The summed E-state index contributed by atoms with van der Waals surface area (Å²) < 4.78 is 12.9. The fourth-order valence-electron chi connectivity index (χ4n) is 1.72. The van der Waals surface area contributed by atoms with Gasteiger partial charge in [0.2, 0.25) is 0 Å². The molecule has 0 saturated carbocycles. The van der Waals surface area contributed by atoms with Crippen LogP contribution in [0.4, 0.5) is 10.2 Å². The quantitative estimate of drug-likeness (QED) is 0.787. The fourth-order valence-corrected chi connectivity index (χ4v) is 1.72. The van der Waals surface area contributed by atoms with Gasteiger partial charge in [-0.1, -0.05) is 12.1 Å². The summed E-state index contributed by atoms with van der Waals surface area (Å²) in [5.41, 5.74) is 3.16. The second-order valence-corrected chi connectivity index (χ2v) is 4.26. The van der Waals surface area contributed by atoms with Crippen LogP contribution >= 0.6 is 0 Å². The summed E-state index contributed by atoms with van der Waals surface area (Å²) in [6.07, 6.45) is 1.83. The number of halogens is 1. The van der Waals surface area contributed by atoms with Gasteiger partial charge in [0.15, 0.2) is 0 Å². The summed E-state index contributed by atoms with van der Waals surface area (Å²) in [7, 11) is 3.92. The van der Waals surface area contributed by atoms with Gasteiger partial charge in [0, 0.05) is 25.9 Å². The molecule has 0 bridgehead atoms. The summed E-state index contributed by atoms with van der Waals surface area (Å²) >= 11 is 0. The number of aromatic nitrogens is 1. The highest BCUT2D eigenvalue weighted by molar-refractivity contribution is 5.67. The van der Waals surface area contributed by atoms with Crippen LogP contribution in [0.15, 0.2) is 36.5 Å². The lowest BCUT2D eigenvalue weighted by Gasteiger charge is -2.13. The van der Waals surface area contributed by atoms with Gasteiger partial charge in [-0.15, -0.1) is 0 Å². The Morgan fingerprint density at radius 1 is 1.12 bits per heavy atom. The van der Waals surface area contributed by atoms with Crippen molar-refractivity contribution in [3.8, 4) is 11.1 Å². The fraction of sp³-hybridized carbons (Fsp3) is 0.214. The summed E-state index contributed by atoms with van der Waals surface area (Å²) in [6, 6.07) is 8.51. The molecule has 0 N–H and O–H groups in total. The van der Waals surface area contributed by atoms with Crippen LogP contribution < -0.4 is 4.90 Å². The average molecular weight is 230 g/mol. The van der Waals surface area contributed by atoms with Gasteiger partial charge in [-0.2, -0.15) is 0 Å². The van der Waals surface area contributed by atoms with Gasteiger partial charge < -0.3 is 4.90 Å². The van der Waals surface area contributed by atoms with Crippen LogP contribution in [0.3, 0.4) is 0 Å². The number of hydrogen-bond acceptors (Lipinski definition) is 2. The Kier molecular flexibility index (Phi) is 3.09. The first kappa shape index (κ1) is 11.6. The number of aryl methyl sites for hydroxylation is 1. The third kappa shape index (κ3) is 2.44. The Hall–Kier alpha value is -1.90. The molecule has 0 unspecified atom stereocenters. The van der Waals surface area contributed by atoms with E-state index in [-0.39, 0.29) is 5.82 Å². The summed E-state index contributed by atoms with van der Waals surface area (Å²) in [5, 5.41) is 0. The average Bonchev–Trinajstić information content (AvgIpc) is 2.30. The molecule has 2 aromatic rings.